The first-order valence-corrected chi connectivity index (χ1v) is 10.7. The van der Waals surface area contributed by atoms with Crippen LogP contribution in [0.25, 0.3) is 28.2 Å². The van der Waals surface area contributed by atoms with Gasteiger partial charge in [0.1, 0.15) is 10.8 Å². The molecule has 32 heavy (non-hydrogen) atoms. The number of aromatic amines is 1. The standard InChI is InChI=1S/C23H21ClN8/c1-3-17-12-21(32-23(26-17)20(24)13-25-32)31(2)14-15-8-10-16(11-9-15)18-6-4-5-7-19(18)22-27-29-30-28-22/h4-13H,3,14H2,1-2H3,(H,27,28,29,30). The molecule has 0 spiro atoms. The van der Waals surface area contributed by atoms with Crippen LogP contribution in [-0.2, 0) is 13.0 Å². The summed E-state index contributed by atoms with van der Waals surface area (Å²) < 4.78 is 1.79. The zero-order valence-electron chi connectivity index (χ0n) is 17.7. The molecule has 1 N–H and O–H groups in total. The molecular weight excluding hydrogens is 424 g/mol. The van der Waals surface area contributed by atoms with Gasteiger partial charge in [0.25, 0.3) is 0 Å². The van der Waals surface area contributed by atoms with Crippen LogP contribution in [0.1, 0.15) is 18.2 Å². The molecule has 0 unspecified atom stereocenters. The first-order valence-electron chi connectivity index (χ1n) is 10.3. The van der Waals surface area contributed by atoms with Crippen LogP contribution >= 0.6 is 11.6 Å². The van der Waals surface area contributed by atoms with Crippen molar-refractivity contribution in [1.82, 2.24) is 35.2 Å². The van der Waals surface area contributed by atoms with Gasteiger partial charge in [0.15, 0.2) is 5.65 Å². The van der Waals surface area contributed by atoms with Crippen molar-refractivity contribution < 1.29 is 0 Å². The van der Waals surface area contributed by atoms with Crippen LogP contribution in [0.2, 0.25) is 5.02 Å². The van der Waals surface area contributed by atoms with Crippen molar-refractivity contribution >= 4 is 23.1 Å². The fraction of sp³-hybridized carbons (Fsp3) is 0.174. The summed E-state index contributed by atoms with van der Waals surface area (Å²) in [5.74, 6) is 1.53. The summed E-state index contributed by atoms with van der Waals surface area (Å²) in [4.78, 5) is 6.76. The van der Waals surface area contributed by atoms with Crippen LogP contribution in [0, 0.1) is 0 Å². The molecule has 0 aliphatic carbocycles. The van der Waals surface area contributed by atoms with Crippen molar-refractivity contribution in [2.75, 3.05) is 11.9 Å². The van der Waals surface area contributed by atoms with E-state index in [1.165, 1.54) is 5.56 Å². The number of H-pyrrole nitrogens is 1. The Kier molecular flexibility index (Phi) is 5.28. The third-order valence-corrected chi connectivity index (χ3v) is 5.68. The van der Waals surface area contributed by atoms with Crippen LogP contribution in [0.5, 0.6) is 0 Å². The van der Waals surface area contributed by atoms with Crippen LogP contribution in [0.4, 0.5) is 5.82 Å². The molecule has 8 nitrogen and oxygen atoms in total. The summed E-state index contributed by atoms with van der Waals surface area (Å²) in [5.41, 5.74) is 5.93. The van der Waals surface area contributed by atoms with E-state index in [9.17, 15) is 0 Å². The van der Waals surface area contributed by atoms with Crippen LogP contribution in [0.3, 0.4) is 0 Å². The summed E-state index contributed by atoms with van der Waals surface area (Å²) >= 11 is 6.28. The van der Waals surface area contributed by atoms with Gasteiger partial charge in [0.2, 0.25) is 5.82 Å². The van der Waals surface area contributed by atoms with Crippen molar-refractivity contribution in [2.45, 2.75) is 19.9 Å². The summed E-state index contributed by atoms with van der Waals surface area (Å²) in [6.45, 7) is 2.80. The molecule has 0 bridgehead atoms. The molecule has 3 aromatic heterocycles. The van der Waals surface area contributed by atoms with Gasteiger partial charge in [-0.1, -0.05) is 67.1 Å². The molecular formula is C23H21ClN8. The number of anilines is 1. The van der Waals surface area contributed by atoms with E-state index in [1.807, 2.05) is 25.2 Å². The second-order valence-corrected chi connectivity index (χ2v) is 7.93. The van der Waals surface area contributed by atoms with E-state index in [-0.39, 0.29) is 0 Å². The predicted octanol–water partition coefficient (Wildman–Crippen LogP) is 4.43. The van der Waals surface area contributed by atoms with Gasteiger partial charge in [0, 0.05) is 30.9 Å². The summed E-state index contributed by atoms with van der Waals surface area (Å²) in [6.07, 6.45) is 2.46. The Balaban J connectivity index is 1.43. The highest BCUT2D eigenvalue weighted by Gasteiger charge is 2.14. The van der Waals surface area contributed by atoms with Gasteiger partial charge in [-0.25, -0.2) is 4.98 Å². The summed E-state index contributed by atoms with van der Waals surface area (Å²) in [5, 5.41) is 19.4. The Hall–Kier alpha value is -3.78. The lowest BCUT2D eigenvalue weighted by atomic mass is 9.98. The second kappa shape index (κ2) is 8.39. The average molecular weight is 445 g/mol. The van der Waals surface area contributed by atoms with E-state index >= 15 is 0 Å². The van der Waals surface area contributed by atoms with Crippen molar-refractivity contribution in [3.05, 3.63) is 77.1 Å². The number of nitrogens with zero attached hydrogens (tertiary/aromatic N) is 7. The summed E-state index contributed by atoms with van der Waals surface area (Å²) in [6, 6.07) is 18.6. The van der Waals surface area contributed by atoms with Gasteiger partial charge in [-0.15, -0.1) is 10.2 Å². The van der Waals surface area contributed by atoms with Gasteiger partial charge in [-0.3, -0.25) is 0 Å². The molecule has 2 aromatic carbocycles. The normalized spacial score (nSPS) is 11.2. The number of hydrogen-bond acceptors (Lipinski definition) is 6. The first kappa shape index (κ1) is 20.1. The lowest BCUT2D eigenvalue weighted by Gasteiger charge is -2.21. The SMILES string of the molecule is CCc1cc(N(C)Cc2ccc(-c3ccccc3-c3nn[nH]n3)cc2)n2ncc(Cl)c2n1. The van der Waals surface area contributed by atoms with Crippen LogP contribution in [0.15, 0.2) is 60.8 Å². The number of hydrogen-bond donors (Lipinski definition) is 1. The molecule has 0 aliphatic rings. The minimum absolute atomic E-state index is 0.555. The smallest absolute Gasteiger partial charge is 0.205 e. The first-order chi connectivity index (χ1) is 15.6. The van der Waals surface area contributed by atoms with E-state index in [1.54, 1.807) is 10.7 Å². The Bertz CT molecular complexity index is 1360. The Labute approximate surface area is 189 Å². The van der Waals surface area contributed by atoms with Gasteiger partial charge in [0.05, 0.1) is 6.20 Å². The number of fused-ring (bicyclic) bond motifs is 1. The number of halogens is 1. The van der Waals surface area contributed by atoms with Crippen molar-refractivity contribution in [3.63, 3.8) is 0 Å². The monoisotopic (exact) mass is 444 g/mol. The number of tetrazole rings is 1. The van der Waals surface area contributed by atoms with Gasteiger partial charge >= 0.3 is 0 Å². The second-order valence-electron chi connectivity index (χ2n) is 7.52. The van der Waals surface area contributed by atoms with Gasteiger partial charge in [-0.2, -0.15) is 14.8 Å². The van der Waals surface area contributed by atoms with Gasteiger partial charge < -0.3 is 4.90 Å². The fourth-order valence-electron chi connectivity index (χ4n) is 3.77. The molecule has 0 amide bonds. The number of aryl methyl sites for hydroxylation is 1. The maximum absolute atomic E-state index is 6.28. The molecule has 0 saturated heterocycles. The Morgan fingerprint density at radius 1 is 1.06 bits per heavy atom. The molecule has 0 fully saturated rings. The fourth-order valence-corrected chi connectivity index (χ4v) is 3.94. The molecule has 5 aromatic rings. The van der Waals surface area contributed by atoms with E-state index in [0.29, 0.717) is 23.0 Å². The predicted molar refractivity (Wildman–Crippen MR) is 125 cm³/mol. The number of aromatic nitrogens is 7. The highest BCUT2D eigenvalue weighted by Crippen LogP contribution is 2.30. The highest BCUT2D eigenvalue weighted by atomic mass is 35.5. The molecule has 0 radical (unpaired) electrons. The van der Waals surface area contributed by atoms with Crippen LogP contribution < -0.4 is 4.90 Å². The molecule has 160 valence electrons. The zero-order chi connectivity index (χ0) is 22.1. The maximum Gasteiger partial charge on any atom is 0.205 e. The van der Waals surface area contributed by atoms with Gasteiger partial charge in [-0.05, 0) is 28.3 Å². The number of rotatable bonds is 6. The number of benzene rings is 2. The molecule has 0 atom stereocenters. The average Bonchev–Trinajstić information content (AvgIpc) is 3.49. The molecule has 5 rings (SSSR count). The highest BCUT2D eigenvalue weighted by molar-refractivity contribution is 6.33. The quantitative estimate of drug-likeness (QED) is 0.417. The van der Waals surface area contributed by atoms with E-state index in [0.717, 1.165) is 34.6 Å². The zero-order valence-corrected chi connectivity index (χ0v) is 18.5. The van der Waals surface area contributed by atoms with Crippen molar-refractivity contribution in [3.8, 4) is 22.5 Å². The minimum atomic E-state index is 0.555. The molecule has 3 heterocycles. The largest absolute Gasteiger partial charge is 0.355 e. The van der Waals surface area contributed by atoms with Crippen molar-refractivity contribution in [2.24, 2.45) is 0 Å². The Morgan fingerprint density at radius 2 is 1.84 bits per heavy atom. The summed E-state index contributed by atoms with van der Waals surface area (Å²) in [7, 11) is 2.04. The van der Waals surface area contributed by atoms with E-state index in [2.05, 4.69) is 78.9 Å². The van der Waals surface area contributed by atoms with E-state index in [4.69, 9.17) is 11.6 Å². The maximum atomic E-state index is 6.28. The minimum Gasteiger partial charge on any atom is -0.355 e. The third-order valence-electron chi connectivity index (χ3n) is 5.41. The van der Waals surface area contributed by atoms with Crippen LogP contribution in [-0.4, -0.2) is 42.3 Å². The number of nitrogens with one attached hydrogen (secondary N) is 1. The lowest BCUT2D eigenvalue weighted by Crippen LogP contribution is -2.20. The molecule has 0 aliphatic heterocycles. The molecule has 0 saturated carbocycles. The molecule has 9 heteroatoms. The van der Waals surface area contributed by atoms with Crippen molar-refractivity contribution in [1.29, 1.82) is 0 Å². The topological polar surface area (TPSA) is 87.9 Å². The van der Waals surface area contributed by atoms with E-state index < -0.39 is 0 Å². The Morgan fingerprint density at radius 3 is 2.56 bits per heavy atom. The third kappa shape index (κ3) is 3.69. The lowest BCUT2D eigenvalue weighted by molar-refractivity contribution is 0.822.